The number of amides is 1. The van der Waals surface area contributed by atoms with E-state index in [4.69, 9.17) is 4.98 Å². The predicted octanol–water partition coefficient (Wildman–Crippen LogP) is 5.76. The van der Waals surface area contributed by atoms with Gasteiger partial charge < -0.3 is 4.90 Å². The minimum absolute atomic E-state index is 0. The average Bonchev–Trinajstić information content (AvgIpc) is 3.29. The Balaban J connectivity index is 0.00000400. The first kappa shape index (κ1) is 29.6. The number of halogens is 1. The Bertz CT molecular complexity index is 1500. The minimum atomic E-state index is -3.78. The molecule has 4 aromatic rings. The molecule has 0 aliphatic rings. The van der Waals surface area contributed by atoms with E-state index in [9.17, 15) is 13.2 Å². The van der Waals surface area contributed by atoms with Gasteiger partial charge in [-0.3, -0.25) is 14.0 Å². The molecule has 1 amide bonds. The molecular formula is C28H33ClN4O3S2. The molecule has 3 aromatic carbocycles. The average molecular weight is 573 g/mol. The Kier molecular flexibility index (Phi) is 9.54. The number of thiazole rings is 1. The van der Waals surface area contributed by atoms with Crippen molar-refractivity contribution >= 4 is 60.7 Å². The highest BCUT2D eigenvalue weighted by Gasteiger charge is 2.26. The molecule has 0 aliphatic carbocycles. The van der Waals surface area contributed by atoms with Crippen LogP contribution in [0.3, 0.4) is 0 Å². The SMILES string of the molecule is CCN(c1ccccc1)S(=O)(=O)c1ccc(C(=O)N(CCN(C)C)c2nc3c(C)cc(C)cc3s2)cc1.Cl. The number of carbonyl (C=O) groups excluding carboxylic acids is 1. The van der Waals surface area contributed by atoms with E-state index >= 15 is 0 Å². The van der Waals surface area contributed by atoms with Crippen molar-refractivity contribution in [2.45, 2.75) is 25.7 Å². The predicted molar refractivity (Wildman–Crippen MR) is 160 cm³/mol. The molecule has 0 atom stereocenters. The smallest absolute Gasteiger partial charge is 0.264 e. The second kappa shape index (κ2) is 12.3. The van der Waals surface area contributed by atoms with Crippen molar-refractivity contribution in [2.75, 3.05) is 42.9 Å². The van der Waals surface area contributed by atoms with Crippen LogP contribution in [0.5, 0.6) is 0 Å². The molecule has 0 spiro atoms. The Morgan fingerprint density at radius 2 is 1.61 bits per heavy atom. The van der Waals surface area contributed by atoms with Gasteiger partial charge in [-0.05, 0) is 88.5 Å². The normalized spacial score (nSPS) is 11.4. The first-order valence-electron chi connectivity index (χ1n) is 12.1. The van der Waals surface area contributed by atoms with E-state index in [2.05, 4.69) is 12.1 Å². The van der Waals surface area contributed by atoms with E-state index < -0.39 is 10.0 Å². The summed E-state index contributed by atoms with van der Waals surface area (Å²) in [6.45, 7) is 7.29. The number of hydrogen-bond donors (Lipinski definition) is 0. The molecule has 7 nitrogen and oxygen atoms in total. The lowest BCUT2D eigenvalue weighted by Crippen LogP contribution is -2.36. The summed E-state index contributed by atoms with van der Waals surface area (Å²) in [5.41, 5.74) is 4.13. The molecule has 0 aliphatic heterocycles. The van der Waals surface area contributed by atoms with Gasteiger partial charge in [-0.25, -0.2) is 13.4 Å². The van der Waals surface area contributed by atoms with Crippen molar-refractivity contribution in [3.63, 3.8) is 0 Å². The summed E-state index contributed by atoms with van der Waals surface area (Å²) in [4.78, 5) is 22.3. The summed E-state index contributed by atoms with van der Waals surface area (Å²) in [6.07, 6.45) is 0. The van der Waals surface area contributed by atoms with Crippen molar-refractivity contribution < 1.29 is 13.2 Å². The van der Waals surface area contributed by atoms with E-state index in [1.54, 1.807) is 36.1 Å². The topological polar surface area (TPSA) is 73.8 Å². The van der Waals surface area contributed by atoms with Gasteiger partial charge >= 0.3 is 0 Å². The number of nitrogens with zero attached hydrogens (tertiary/aromatic N) is 4. The van der Waals surface area contributed by atoms with Crippen molar-refractivity contribution in [3.05, 3.63) is 83.4 Å². The fourth-order valence-corrected chi connectivity index (χ4v) is 6.84. The van der Waals surface area contributed by atoms with Crippen LogP contribution in [0.25, 0.3) is 10.2 Å². The van der Waals surface area contributed by atoms with Crippen LogP contribution in [0, 0.1) is 13.8 Å². The molecule has 0 N–H and O–H groups in total. The molecule has 0 bridgehead atoms. The first-order valence-corrected chi connectivity index (χ1v) is 14.4. The number of para-hydroxylation sites is 1. The summed E-state index contributed by atoms with van der Waals surface area (Å²) in [5, 5.41) is 0.633. The van der Waals surface area contributed by atoms with Gasteiger partial charge in [-0.1, -0.05) is 35.6 Å². The number of hydrogen-bond acceptors (Lipinski definition) is 6. The lowest BCUT2D eigenvalue weighted by Gasteiger charge is -2.24. The fraction of sp³-hybridized carbons (Fsp3) is 0.286. The summed E-state index contributed by atoms with van der Waals surface area (Å²) in [7, 11) is 0.142. The fourth-order valence-electron chi connectivity index (χ4n) is 4.20. The van der Waals surface area contributed by atoms with Crippen molar-refractivity contribution in [1.82, 2.24) is 9.88 Å². The third-order valence-electron chi connectivity index (χ3n) is 6.09. The van der Waals surface area contributed by atoms with Gasteiger partial charge in [0, 0.05) is 25.2 Å². The minimum Gasteiger partial charge on any atom is -0.308 e. The highest BCUT2D eigenvalue weighted by atomic mass is 35.5. The van der Waals surface area contributed by atoms with Crippen LogP contribution in [0.2, 0.25) is 0 Å². The zero-order valence-corrected chi connectivity index (χ0v) is 24.7. The summed E-state index contributed by atoms with van der Waals surface area (Å²) >= 11 is 1.49. The third kappa shape index (κ3) is 6.18. The van der Waals surface area contributed by atoms with Gasteiger partial charge in [0.15, 0.2) is 5.13 Å². The molecule has 0 radical (unpaired) electrons. The van der Waals surface area contributed by atoms with Crippen LogP contribution in [0.4, 0.5) is 10.8 Å². The van der Waals surface area contributed by atoms with Crippen LogP contribution >= 0.6 is 23.7 Å². The number of sulfonamides is 1. The maximum absolute atomic E-state index is 13.7. The number of anilines is 2. The number of aryl methyl sites for hydroxylation is 2. The van der Waals surface area contributed by atoms with Gasteiger partial charge in [-0.2, -0.15) is 0 Å². The lowest BCUT2D eigenvalue weighted by atomic mass is 10.1. The maximum atomic E-state index is 13.7. The monoisotopic (exact) mass is 572 g/mol. The molecule has 1 heterocycles. The zero-order valence-electron chi connectivity index (χ0n) is 22.2. The quantitative estimate of drug-likeness (QED) is 0.255. The lowest BCUT2D eigenvalue weighted by molar-refractivity contribution is 0.0985. The summed E-state index contributed by atoms with van der Waals surface area (Å²) in [5.74, 6) is -0.213. The van der Waals surface area contributed by atoms with Crippen molar-refractivity contribution in [2.24, 2.45) is 0 Å². The number of likely N-dealkylation sites (N-methyl/N-ethyl adjacent to an activating group) is 1. The maximum Gasteiger partial charge on any atom is 0.264 e. The van der Waals surface area contributed by atoms with Gasteiger partial charge in [0.2, 0.25) is 0 Å². The van der Waals surface area contributed by atoms with E-state index in [-0.39, 0.29) is 23.2 Å². The van der Waals surface area contributed by atoms with Crippen LogP contribution < -0.4 is 9.21 Å². The number of benzene rings is 3. The van der Waals surface area contributed by atoms with Crippen LogP contribution in [0.1, 0.15) is 28.4 Å². The molecule has 0 fully saturated rings. The van der Waals surface area contributed by atoms with Crippen molar-refractivity contribution in [3.8, 4) is 0 Å². The molecule has 10 heteroatoms. The zero-order chi connectivity index (χ0) is 26.7. The van der Waals surface area contributed by atoms with E-state index in [1.807, 2.05) is 51.0 Å². The standard InChI is InChI=1S/C28H32N4O3S2.ClH/c1-6-32(23-10-8-7-9-11-23)37(34,35)24-14-12-22(13-15-24)27(33)31(17-16-30(4)5)28-29-26-21(3)18-20(2)19-25(26)36-28;/h7-15,18-19H,6,16-17H2,1-5H3;1H. The summed E-state index contributed by atoms with van der Waals surface area (Å²) < 4.78 is 29.1. The van der Waals surface area contributed by atoms with Crippen LogP contribution in [0.15, 0.2) is 71.6 Å². The van der Waals surface area contributed by atoms with Crippen LogP contribution in [-0.2, 0) is 10.0 Å². The third-order valence-corrected chi connectivity index (χ3v) is 9.03. The molecule has 38 heavy (non-hydrogen) atoms. The Morgan fingerprint density at radius 1 is 0.947 bits per heavy atom. The van der Waals surface area contributed by atoms with Gasteiger partial charge in [0.05, 0.1) is 20.8 Å². The number of aromatic nitrogens is 1. The number of rotatable bonds is 9. The van der Waals surface area contributed by atoms with E-state index in [1.165, 1.54) is 27.8 Å². The van der Waals surface area contributed by atoms with E-state index in [0.717, 1.165) is 21.3 Å². The second-order valence-electron chi connectivity index (χ2n) is 9.21. The Hall–Kier alpha value is -2.98. The molecular weight excluding hydrogens is 540 g/mol. The Labute approximate surface area is 235 Å². The van der Waals surface area contributed by atoms with Gasteiger partial charge in [0.1, 0.15) is 0 Å². The highest BCUT2D eigenvalue weighted by Crippen LogP contribution is 2.32. The second-order valence-corrected chi connectivity index (χ2v) is 12.1. The molecule has 4 rings (SSSR count). The van der Waals surface area contributed by atoms with E-state index in [0.29, 0.717) is 36.0 Å². The molecule has 0 unspecified atom stereocenters. The molecule has 0 saturated heterocycles. The highest BCUT2D eigenvalue weighted by molar-refractivity contribution is 7.92. The Morgan fingerprint density at radius 3 is 2.21 bits per heavy atom. The van der Waals surface area contributed by atoms with Gasteiger partial charge in [0.25, 0.3) is 15.9 Å². The number of fused-ring (bicyclic) bond motifs is 1. The molecule has 1 aromatic heterocycles. The van der Waals surface area contributed by atoms with Crippen LogP contribution in [-0.4, -0.2) is 57.9 Å². The molecule has 202 valence electrons. The molecule has 0 saturated carbocycles. The van der Waals surface area contributed by atoms with Gasteiger partial charge in [-0.15, -0.1) is 12.4 Å². The first-order chi connectivity index (χ1) is 17.6. The van der Waals surface area contributed by atoms with Crippen molar-refractivity contribution in [1.29, 1.82) is 0 Å². The number of carbonyl (C=O) groups is 1. The summed E-state index contributed by atoms with van der Waals surface area (Å²) in [6, 6.07) is 19.3. The largest absolute Gasteiger partial charge is 0.308 e.